The van der Waals surface area contributed by atoms with E-state index < -0.39 is 23.0 Å². The third-order valence-corrected chi connectivity index (χ3v) is 2.85. The number of pyridine rings is 1. The number of benzene rings is 1. The fourth-order valence-corrected chi connectivity index (χ4v) is 1.99. The standard InChI is InChI=1S/C13H12F3NO2/c1-2-5-17-10-4-3-9(13(14,15)16)6-8(10)7-11(18)12(17)19/h3-4,6-7,18H,2,5H2,1H3. The van der Waals surface area contributed by atoms with Crippen LogP contribution in [0.2, 0.25) is 0 Å². The summed E-state index contributed by atoms with van der Waals surface area (Å²) in [6, 6.07) is 4.19. The van der Waals surface area contributed by atoms with E-state index in [0.717, 1.165) is 18.2 Å². The van der Waals surface area contributed by atoms with Crippen LogP contribution in [0.4, 0.5) is 13.2 Å². The molecular weight excluding hydrogens is 259 g/mol. The summed E-state index contributed by atoms with van der Waals surface area (Å²) in [4.78, 5) is 11.7. The minimum Gasteiger partial charge on any atom is -0.503 e. The Hall–Kier alpha value is -1.98. The number of hydrogen-bond acceptors (Lipinski definition) is 2. The normalized spacial score (nSPS) is 12.0. The molecule has 0 aliphatic carbocycles. The lowest BCUT2D eigenvalue weighted by Crippen LogP contribution is -2.20. The summed E-state index contributed by atoms with van der Waals surface area (Å²) in [6.07, 6.45) is -3.81. The van der Waals surface area contributed by atoms with Crippen molar-refractivity contribution >= 4 is 10.9 Å². The van der Waals surface area contributed by atoms with Crippen LogP contribution in [0.25, 0.3) is 10.9 Å². The second kappa shape index (κ2) is 4.60. The van der Waals surface area contributed by atoms with Gasteiger partial charge in [-0.3, -0.25) is 4.79 Å². The highest BCUT2D eigenvalue weighted by Crippen LogP contribution is 2.31. The summed E-state index contributed by atoms with van der Waals surface area (Å²) < 4.78 is 39.1. The average molecular weight is 271 g/mol. The number of aryl methyl sites for hydroxylation is 1. The van der Waals surface area contributed by atoms with Gasteiger partial charge in [-0.05, 0) is 30.7 Å². The maximum atomic E-state index is 12.6. The van der Waals surface area contributed by atoms with Gasteiger partial charge < -0.3 is 9.67 Å². The zero-order chi connectivity index (χ0) is 14.2. The van der Waals surface area contributed by atoms with Crippen molar-refractivity contribution in [1.82, 2.24) is 4.57 Å². The first-order valence-corrected chi connectivity index (χ1v) is 5.78. The molecule has 0 saturated heterocycles. The lowest BCUT2D eigenvalue weighted by atomic mass is 10.1. The Bertz CT molecular complexity index is 674. The molecule has 1 aromatic heterocycles. The van der Waals surface area contributed by atoms with E-state index >= 15 is 0 Å². The van der Waals surface area contributed by atoms with Crippen LogP contribution in [0.15, 0.2) is 29.1 Å². The highest BCUT2D eigenvalue weighted by Gasteiger charge is 2.30. The van der Waals surface area contributed by atoms with E-state index in [1.165, 1.54) is 10.6 Å². The monoisotopic (exact) mass is 271 g/mol. The zero-order valence-corrected chi connectivity index (χ0v) is 10.2. The molecule has 0 atom stereocenters. The van der Waals surface area contributed by atoms with E-state index in [1.807, 2.05) is 6.92 Å². The molecule has 0 unspecified atom stereocenters. The maximum Gasteiger partial charge on any atom is 0.416 e. The number of fused-ring (bicyclic) bond motifs is 1. The van der Waals surface area contributed by atoms with Crippen LogP contribution in [0.5, 0.6) is 5.75 Å². The first-order valence-electron chi connectivity index (χ1n) is 5.78. The van der Waals surface area contributed by atoms with Crippen molar-refractivity contribution in [2.75, 3.05) is 0 Å². The summed E-state index contributed by atoms with van der Waals surface area (Å²) >= 11 is 0. The molecule has 3 nitrogen and oxygen atoms in total. The number of aromatic nitrogens is 1. The molecule has 1 N–H and O–H groups in total. The van der Waals surface area contributed by atoms with Gasteiger partial charge in [0.2, 0.25) is 0 Å². The minimum atomic E-state index is -4.45. The summed E-state index contributed by atoms with van der Waals surface area (Å²) in [7, 11) is 0. The van der Waals surface area contributed by atoms with Crippen molar-refractivity contribution < 1.29 is 18.3 Å². The van der Waals surface area contributed by atoms with Crippen LogP contribution in [-0.2, 0) is 12.7 Å². The van der Waals surface area contributed by atoms with Crippen LogP contribution in [0.3, 0.4) is 0 Å². The van der Waals surface area contributed by atoms with Crippen LogP contribution >= 0.6 is 0 Å². The van der Waals surface area contributed by atoms with Crippen molar-refractivity contribution in [3.63, 3.8) is 0 Å². The topological polar surface area (TPSA) is 42.2 Å². The number of aromatic hydroxyl groups is 1. The van der Waals surface area contributed by atoms with Gasteiger partial charge in [-0.2, -0.15) is 13.2 Å². The molecule has 102 valence electrons. The summed E-state index contributed by atoms with van der Waals surface area (Å²) in [5, 5.41) is 9.70. The summed E-state index contributed by atoms with van der Waals surface area (Å²) in [6.45, 7) is 2.18. The molecule has 19 heavy (non-hydrogen) atoms. The lowest BCUT2D eigenvalue weighted by molar-refractivity contribution is -0.137. The van der Waals surface area contributed by atoms with E-state index in [9.17, 15) is 23.1 Å². The molecule has 2 aromatic rings. The van der Waals surface area contributed by atoms with E-state index in [4.69, 9.17) is 0 Å². The van der Waals surface area contributed by atoms with Crippen molar-refractivity contribution in [3.8, 4) is 5.75 Å². The molecular formula is C13H12F3NO2. The molecule has 0 fully saturated rings. The average Bonchev–Trinajstić information content (AvgIpc) is 2.33. The Labute approximate surface area is 106 Å². The predicted molar refractivity (Wildman–Crippen MR) is 65.2 cm³/mol. The van der Waals surface area contributed by atoms with Crippen LogP contribution in [-0.4, -0.2) is 9.67 Å². The lowest BCUT2D eigenvalue weighted by Gasteiger charge is -2.12. The van der Waals surface area contributed by atoms with Crippen LogP contribution < -0.4 is 5.56 Å². The third kappa shape index (κ3) is 2.43. The zero-order valence-electron chi connectivity index (χ0n) is 10.2. The number of nitrogens with zero attached hydrogens (tertiary/aromatic N) is 1. The third-order valence-electron chi connectivity index (χ3n) is 2.85. The second-order valence-electron chi connectivity index (χ2n) is 4.26. The molecule has 0 saturated carbocycles. The maximum absolute atomic E-state index is 12.6. The molecule has 0 spiro atoms. The second-order valence-corrected chi connectivity index (χ2v) is 4.26. The van der Waals surface area contributed by atoms with Gasteiger partial charge in [-0.1, -0.05) is 6.92 Å². The first kappa shape index (κ1) is 13.5. The first-order chi connectivity index (χ1) is 8.84. The molecule has 0 radical (unpaired) electrons. The van der Waals surface area contributed by atoms with Gasteiger partial charge in [0.25, 0.3) is 5.56 Å². The highest BCUT2D eigenvalue weighted by molar-refractivity contribution is 5.81. The fraction of sp³-hybridized carbons (Fsp3) is 0.308. The Morgan fingerprint density at radius 1 is 1.26 bits per heavy atom. The molecule has 0 bridgehead atoms. The minimum absolute atomic E-state index is 0.195. The summed E-state index contributed by atoms with van der Waals surface area (Å²) in [5.74, 6) is -0.541. The van der Waals surface area contributed by atoms with Crippen LogP contribution in [0.1, 0.15) is 18.9 Å². The van der Waals surface area contributed by atoms with E-state index in [-0.39, 0.29) is 5.39 Å². The molecule has 0 aliphatic rings. The molecule has 1 heterocycles. The number of hydrogen-bond donors (Lipinski definition) is 1. The quantitative estimate of drug-likeness (QED) is 0.911. The van der Waals surface area contributed by atoms with Gasteiger partial charge in [0.15, 0.2) is 5.75 Å². The van der Waals surface area contributed by atoms with Gasteiger partial charge in [-0.25, -0.2) is 0 Å². The Balaban J connectivity index is 2.75. The van der Waals surface area contributed by atoms with Crippen molar-refractivity contribution in [3.05, 3.63) is 40.2 Å². The SMILES string of the molecule is CCCn1c(=O)c(O)cc2cc(C(F)(F)F)ccc21. The van der Waals surface area contributed by atoms with Gasteiger partial charge in [-0.15, -0.1) is 0 Å². The molecule has 1 aromatic carbocycles. The number of alkyl halides is 3. The molecule has 0 aliphatic heterocycles. The van der Waals surface area contributed by atoms with Gasteiger partial charge in [0, 0.05) is 11.9 Å². The Kier molecular flexibility index (Phi) is 3.26. The largest absolute Gasteiger partial charge is 0.503 e. The predicted octanol–water partition coefficient (Wildman–Crippen LogP) is 3.14. The number of halogens is 3. The van der Waals surface area contributed by atoms with Gasteiger partial charge in [0.05, 0.1) is 11.1 Å². The summed E-state index contributed by atoms with van der Waals surface area (Å²) in [5.41, 5.74) is -1.01. The van der Waals surface area contributed by atoms with Gasteiger partial charge >= 0.3 is 6.18 Å². The van der Waals surface area contributed by atoms with Crippen molar-refractivity contribution in [2.45, 2.75) is 26.1 Å². The highest BCUT2D eigenvalue weighted by atomic mass is 19.4. The number of rotatable bonds is 2. The van der Waals surface area contributed by atoms with Crippen LogP contribution in [0, 0.1) is 0 Å². The molecule has 6 heteroatoms. The van der Waals surface area contributed by atoms with E-state index in [2.05, 4.69) is 0 Å². The molecule has 0 amide bonds. The van der Waals surface area contributed by atoms with E-state index in [0.29, 0.717) is 18.5 Å². The Morgan fingerprint density at radius 2 is 1.95 bits per heavy atom. The fourth-order valence-electron chi connectivity index (χ4n) is 1.99. The van der Waals surface area contributed by atoms with E-state index in [1.54, 1.807) is 0 Å². The smallest absolute Gasteiger partial charge is 0.416 e. The van der Waals surface area contributed by atoms with Gasteiger partial charge in [0.1, 0.15) is 0 Å². The molecule has 2 rings (SSSR count). The van der Waals surface area contributed by atoms with Crippen molar-refractivity contribution in [2.24, 2.45) is 0 Å². The van der Waals surface area contributed by atoms with Crippen molar-refractivity contribution in [1.29, 1.82) is 0 Å². The Morgan fingerprint density at radius 3 is 2.53 bits per heavy atom.